The van der Waals surface area contributed by atoms with E-state index in [4.69, 9.17) is 10.00 Å². The fraction of sp³-hybridized carbons (Fsp3) is 0.167. The number of hydrogen-bond donors (Lipinski definition) is 2. The van der Waals surface area contributed by atoms with Crippen molar-refractivity contribution in [3.05, 3.63) is 39.8 Å². The van der Waals surface area contributed by atoms with Crippen molar-refractivity contribution in [3.63, 3.8) is 0 Å². The van der Waals surface area contributed by atoms with Crippen LogP contribution in [0.25, 0.3) is 5.57 Å². The number of methoxy groups -OCH3 is 1. The number of nitro benzene ring substituents is 1. The standard InChI is InChI=1S/C12H11N7O3/c1-7-3-10(19(20)21)11(22-2)4-9(7)14-6-8(5-13)12-15-17-18-16-12/h3-4,6,14H,1-2H3,(H,15,16,17,18). The Balaban J connectivity index is 2.34. The Morgan fingerprint density at radius 1 is 1.59 bits per heavy atom. The van der Waals surface area contributed by atoms with E-state index in [0.717, 1.165) is 0 Å². The Morgan fingerprint density at radius 2 is 2.36 bits per heavy atom. The number of benzene rings is 1. The highest BCUT2D eigenvalue weighted by atomic mass is 16.6. The first-order valence-corrected chi connectivity index (χ1v) is 6.00. The van der Waals surface area contributed by atoms with Crippen LogP contribution in [-0.2, 0) is 0 Å². The first-order valence-electron chi connectivity index (χ1n) is 6.00. The molecule has 2 N–H and O–H groups in total. The van der Waals surface area contributed by atoms with Crippen molar-refractivity contribution in [1.82, 2.24) is 20.6 Å². The van der Waals surface area contributed by atoms with Crippen LogP contribution < -0.4 is 10.1 Å². The number of ether oxygens (including phenoxy) is 1. The number of aromatic amines is 1. The molecule has 112 valence electrons. The Labute approximate surface area is 124 Å². The molecule has 0 saturated heterocycles. The van der Waals surface area contributed by atoms with Gasteiger partial charge in [-0.15, -0.1) is 10.2 Å². The quantitative estimate of drug-likeness (QED) is 0.479. The van der Waals surface area contributed by atoms with Gasteiger partial charge >= 0.3 is 5.69 Å². The van der Waals surface area contributed by atoms with Gasteiger partial charge in [0.1, 0.15) is 11.6 Å². The van der Waals surface area contributed by atoms with Crippen LogP contribution in [0.4, 0.5) is 11.4 Å². The lowest BCUT2D eigenvalue weighted by atomic mass is 10.1. The average molecular weight is 301 g/mol. The average Bonchev–Trinajstić information content (AvgIpc) is 3.03. The van der Waals surface area contributed by atoms with E-state index in [0.29, 0.717) is 11.3 Å². The second kappa shape index (κ2) is 6.31. The Hall–Kier alpha value is -3.48. The van der Waals surface area contributed by atoms with Gasteiger partial charge in [-0.2, -0.15) is 10.5 Å². The molecule has 0 amide bonds. The van der Waals surface area contributed by atoms with Gasteiger partial charge in [-0.25, -0.2) is 0 Å². The van der Waals surface area contributed by atoms with Crippen molar-refractivity contribution >= 4 is 16.9 Å². The minimum Gasteiger partial charge on any atom is -0.490 e. The van der Waals surface area contributed by atoms with E-state index < -0.39 is 4.92 Å². The first-order chi connectivity index (χ1) is 10.6. The summed E-state index contributed by atoms with van der Waals surface area (Å²) in [5.74, 6) is 0.256. The number of tetrazole rings is 1. The summed E-state index contributed by atoms with van der Waals surface area (Å²) >= 11 is 0. The molecule has 1 aromatic carbocycles. The third-order valence-electron chi connectivity index (χ3n) is 2.80. The summed E-state index contributed by atoms with van der Waals surface area (Å²) in [7, 11) is 1.34. The fourth-order valence-corrected chi connectivity index (χ4v) is 1.71. The number of nitrogens with zero attached hydrogens (tertiary/aromatic N) is 5. The van der Waals surface area contributed by atoms with E-state index in [2.05, 4.69) is 25.9 Å². The number of nitro groups is 1. The summed E-state index contributed by atoms with van der Waals surface area (Å²) in [5.41, 5.74) is 1.20. The Kier molecular flexibility index (Phi) is 4.28. The molecule has 10 nitrogen and oxygen atoms in total. The molecule has 1 heterocycles. The molecule has 0 unspecified atom stereocenters. The predicted molar refractivity (Wildman–Crippen MR) is 75.8 cm³/mol. The Bertz CT molecular complexity index is 762. The summed E-state index contributed by atoms with van der Waals surface area (Å²) in [4.78, 5) is 10.4. The lowest BCUT2D eigenvalue weighted by molar-refractivity contribution is -0.385. The van der Waals surface area contributed by atoms with Gasteiger partial charge < -0.3 is 10.1 Å². The van der Waals surface area contributed by atoms with Gasteiger partial charge in [0.15, 0.2) is 5.75 Å². The van der Waals surface area contributed by atoms with Gasteiger partial charge in [0.05, 0.1) is 12.0 Å². The second-order valence-corrected chi connectivity index (χ2v) is 4.15. The van der Waals surface area contributed by atoms with Crippen molar-refractivity contribution in [2.24, 2.45) is 0 Å². The van der Waals surface area contributed by atoms with Crippen LogP contribution in [0.15, 0.2) is 18.3 Å². The third-order valence-corrected chi connectivity index (χ3v) is 2.80. The molecule has 2 aromatic rings. The van der Waals surface area contributed by atoms with Crippen molar-refractivity contribution in [1.29, 1.82) is 5.26 Å². The van der Waals surface area contributed by atoms with E-state index in [1.165, 1.54) is 25.4 Å². The van der Waals surface area contributed by atoms with E-state index in [1.807, 2.05) is 6.07 Å². The van der Waals surface area contributed by atoms with Crippen LogP contribution >= 0.6 is 0 Å². The summed E-state index contributed by atoms with van der Waals surface area (Å²) < 4.78 is 5.00. The minimum atomic E-state index is -0.522. The van der Waals surface area contributed by atoms with E-state index >= 15 is 0 Å². The molecule has 1 aromatic heterocycles. The van der Waals surface area contributed by atoms with Crippen molar-refractivity contribution in [3.8, 4) is 11.8 Å². The molecule has 0 fully saturated rings. The topological polar surface area (TPSA) is 143 Å². The molecule has 0 aliphatic heterocycles. The molecule has 0 aliphatic carbocycles. The van der Waals surface area contributed by atoms with E-state index in [1.54, 1.807) is 6.92 Å². The molecule has 0 atom stereocenters. The Morgan fingerprint density at radius 3 is 2.91 bits per heavy atom. The maximum Gasteiger partial charge on any atom is 0.311 e. The van der Waals surface area contributed by atoms with Gasteiger partial charge in [-0.05, 0) is 17.7 Å². The van der Waals surface area contributed by atoms with Crippen LogP contribution in [0.1, 0.15) is 11.4 Å². The van der Waals surface area contributed by atoms with Crippen LogP contribution in [0.3, 0.4) is 0 Å². The summed E-state index contributed by atoms with van der Waals surface area (Å²) in [6.07, 6.45) is 1.39. The maximum atomic E-state index is 10.9. The van der Waals surface area contributed by atoms with Crippen LogP contribution in [-0.4, -0.2) is 32.7 Å². The highest BCUT2D eigenvalue weighted by Gasteiger charge is 2.17. The fourth-order valence-electron chi connectivity index (χ4n) is 1.71. The summed E-state index contributed by atoms with van der Waals surface area (Å²) in [6, 6.07) is 4.79. The van der Waals surface area contributed by atoms with Gasteiger partial charge in [0, 0.05) is 24.0 Å². The molecule has 22 heavy (non-hydrogen) atoms. The molecular weight excluding hydrogens is 290 g/mol. The van der Waals surface area contributed by atoms with E-state index in [9.17, 15) is 10.1 Å². The number of H-pyrrole nitrogens is 1. The highest BCUT2D eigenvalue weighted by Crippen LogP contribution is 2.32. The lowest BCUT2D eigenvalue weighted by Gasteiger charge is -2.09. The van der Waals surface area contributed by atoms with Crippen LogP contribution in [0, 0.1) is 28.4 Å². The van der Waals surface area contributed by atoms with Crippen molar-refractivity contribution in [2.75, 3.05) is 12.4 Å². The third kappa shape index (κ3) is 2.98. The molecule has 0 aliphatic rings. The number of nitrogens with one attached hydrogen (secondary N) is 2. The lowest BCUT2D eigenvalue weighted by Crippen LogP contribution is -1.99. The highest BCUT2D eigenvalue weighted by molar-refractivity contribution is 5.75. The van der Waals surface area contributed by atoms with Crippen molar-refractivity contribution in [2.45, 2.75) is 6.92 Å². The number of aromatic nitrogens is 4. The molecule has 0 bridgehead atoms. The number of nitriles is 1. The van der Waals surface area contributed by atoms with E-state index in [-0.39, 0.29) is 22.8 Å². The van der Waals surface area contributed by atoms with Crippen molar-refractivity contribution < 1.29 is 9.66 Å². The summed E-state index contributed by atoms with van der Waals surface area (Å²) in [5, 5.41) is 35.9. The number of rotatable bonds is 5. The normalized spacial score (nSPS) is 10.9. The number of aryl methyl sites for hydroxylation is 1. The molecule has 2 rings (SSSR count). The van der Waals surface area contributed by atoms with Crippen LogP contribution in [0.2, 0.25) is 0 Å². The zero-order valence-corrected chi connectivity index (χ0v) is 11.7. The van der Waals surface area contributed by atoms with Gasteiger partial charge in [-0.3, -0.25) is 10.1 Å². The minimum absolute atomic E-state index is 0.115. The molecular formula is C12H11N7O3. The molecule has 10 heteroatoms. The number of hydrogen-bond acceptors (Lipinski definition) is 8. The maximum absolute atomic E-state index is 10.9. The molecule has 0 saturated carbocycles. The first kappa shape index (κ1) is 14.9. The van der Waals surface area contributed by atoms with Gasteiger partial charge in [-0.1, -0.05) is 0 Å². The van der Waals surface area contributed by atoms with Crippen LogP contribution in [0.5, 0.6) is 5.75 Å². The summed E-state index contributed by atoms with van der Waals surface area (Å²) in [6.45, 7) is 1.70. The monoisotopic (exact) mass is 301 g/mol. The molecule has 0 spiro atoms. The number of allylic oxidation sites excluding steroid dienone is 1. The zero-order chi connectivity index (χ0) is 16.1. The smallest absolute Gasteiger partial charge is 0.311 e. The molecule has 0 radical (unpaired) electrons. The predicted octanol–water partition coefficient (Wildman–Crippen LogP) is 1.40. The van der Waals surface area contributed by atoms with Gasteiger partial charge in [0.25, 0.3) is 0 Å². The SMILES string of the molecule is COc1cc(NC=C(C#N)c2nn[nH]n2)c(C)cc1[N+](=O)[O-]. The largest absolute Gasteiger partial charge is 0.490 e. The zero-order valence-electron chi connectivity index (χ0n) is 11.7. The second-order valence-electron chi connectivity index (χ2n) is 4.15. The number of anilines is 1. The van der Waals surface area contributed by atoms with Gasteiger partial charge in [0.2, 0.25) is 5.82 Å².